The summed E-state index contributed by atoms with van der Waals surface area (Å²) in [5.74, 6) is -2.57. The van der Waals surface area contributed by atoms with Gasteiger partial charge in [-0.1, -0.05) is 12.1 Å². The maximum absolute atomic E-state index is 13.5. The maximum Gasteiger partial charge on any atom is 0.251 e. The lowest BCUT2D eigenvalue weighted by Gasteiger charge is -2.34. The number of anilines is 2. The molecule has 0 aliphatic carbocycles. The van der Waals surface area contributed by atoms with Crippen LogP contribution in [0.5, 0.6) is 0 Å². The van der Waals surface area contributed by atoms with E-state index < -0.39 is 5.92 Å². The monoisotopic (exact) mass is 426 g/mol. The zero-order valence-corrected chi connectivity index (χ0v) is 17.2. The number of fused-ring (bicyclic) bond motifs is 1. The summed E-state index contributed by atoms with van der Waals surface area (Å²) in [5.41, 5.74) is 4.35. The van der Waals surface area contributed by atoms with Gasteiger partial charge in [-0.2, -0.15) is 0 Å². The molecule has 1 aromatic heterocycles. The molecule has 31 heavy (non-hydrogen) atoms. The molecule has 6 nitrogen and oxygen atoms in total. The van der Waals surface area contributed by atoms with Crippen LogP contribution in [0.4, 0.5) is 20.2 Å². The second kappa shape index (κ2) is 7.60. The molecule has 1 amide bonds. The number of ether oxygens (including phenoxy) is 1. The smallest absolute Gasteiger partial charge is 0.251 e. The molecule has 5 rings (SSSR count). The number of rotatable bonds is 4. The number of carbonyl (C=O) groups excluding carboxylic acids is 1. The molecular weight excluding hydrogens is 402 g/mol. The Morgan fingerprint density at radius 2 is 1.81 bits per heavy atom. The van der Waals surface area contributed by atoms with Crippen LogP contribution in [0.25, 0.3) is 11.0 Å². The van der Waals surface area contributed by atoms with Gasteiger partial charge in [-0.25, -0.2) is 13.8 Å². The number of imidazole rings is 1. The standard InChI is InChI=1S/C23H24F2N4O2/c1-31-20-13-21(30)29(17-6-7-18-19(12-17)27-14-26-18)22(20)15-2-4-16(5-3-15)28-10-8-23(24,25)9-11-28/h2-7,12,14,20,22H,8-11,13H2,1H3,(H,26,27). The Bertz CT molecular complexity index is 1090. The second-order valence-electron chi connectivity index (χ2n) is 8.23. The van der Waals surface area contributed by atoms with Gasteiger partial charge in [0.25, 0.3) is 5.92 Å². The molecule has 0 bridgehead atoms. The highest BCUT2D eigenvalue weighted by molar-refractivity contribution is 5.98. The van der Waals surface area contributed by atoms with Crippen molar-refractivity contribution < 1.29 is 18.3 Å². The number of benzene rings is 2. The van der Waals surface area contributed by atoms with E-state index in [9.17, 15) is 13.6 Å². The summed E-state index contributed by atoms with van der Waals surface area (Å²) in [5, 5.41) is 0. The highest BCUT2D eigenvalue weighted by atomic mass is 19.3. The Balaban J connectivity index is 1.44. The first kappa shape index (κ1) is 19.9. The third kappa shape index (κ3) is 3.65. The summed E-state index contributed by atoms with van der Waals surface area (Å²) in [6, 6.07) is 13.3. The lowest BCUT2D eigenvalue weighted by atomic mass is 10.00. The summed E-state index contributed by atoms with van der Waals surface area (Å²) in [7, 11) is 1.62. The van der Waals surface area contributed by atoms with Crippen LogP contribution in [0.2, 0.25) is 0 Å². The topological polar surface area (TPSA) is 61.5 Å². The summed E-state index contributed by atoms with van der Waals surface area (Å²) in [6.45, 7) is 0.676. The Labute approximate surface area is 178 Å². The van der Waals surface area contributed by atoms with Crippen LogP contribution in [0, 0.1) is 0 Å². The first-order valence-electron chi connectivity index (χ1n) is 10.5. The van der Waals surface area contributed by atoms with Crippen molar-refractivity contribution in [2.45, 2.75) is 37.3 Å². The number of hydrogen-bond donors (Lipinski definition) is 1. The number of aromatic nitrogens is 2. The van der Waals surface area contributed by atoms with Gasteiger partial charge in [-0.3, -0.25) is 4.79 Å². The minimum absolute atomic E-state index is 0.00549. The van der Waals surface area contributed by atoms with Crippen molar-refractivity contribution in [3.63, 3.8) is 0 Å². The number of hydrogen-bond acceptors (Lipinski definition) is 4. The van der Waals surface area contributed by atoms with E-state index in [0.717, 1.165) is 28.0 Å². The van der Waals surface area contributed by atoms with Crippen molar-refractivity contribution in [1.29, 1.82) is 0 Å². The number of methoxy groups -OCH3 is 1. The number of aromatic amines is 1. The van der Waals surface area contributed by atoms with Crippen LogP contribution in [0.1, 0.15) is 30.9 Å². The summed E-state index contributed by atoms with van der Waals surface area (Å²) in [4.78, 5) is 24.0. The molecular formula is C23H24F2N4O2. The quantitative estimate of drug-likeness (QED) is 0.676. The largest absolute Gasteiger partial charge is 0.378 e. The highest BCUT2D eigenvalue weighted by Gasteiger charge is 2.42. The van der Waals surface area contributed by atoms with Crippen molar-refractivity contribution in [2.24, 2.45) is 0 Å². The third-order valence-electron chi connectivity index (χ3n) is 6.36. The van der Waals surface area contributed by atoms with Gasteiger partial charge in [0.15, 0.2) is 0 Å². The van der Waals surface area contributed by atoms with Crippen molar-refractivity contribution in [3.8, 4) is 0 Å². The van der Waals surface area contributed by atoms with Crippen LogP contribution in [0.3, 0.4) is 0 Å². The molecule has 2 atom stereocenters. The van der Waals surface area contributed by atoms with Crippen LogP contribution < -0.4 is 9.80 Å². The normalized spacial score (nSPS) is 23.6. The SMILES string of the molecule is COC1CC(=O)N(c2ccc3[nH]cnc3c2)C1c1ccc(N2CCC(F)(F)CC2)cc1. The van der Waals surface area contributed by atoms with Crippen LogP contribution in [-0.2, 0) is 9.53 Å². The van der Waals surface area contributed by atoms with Gasteiger partial charge < -0.3 is 19.5 Å². The van der Waals surface area contributed by atoms with E-state index in [1.807, 2.05) is 47.4 Å². The van der Waals surface area contributed by atoms with Crippen molar-refractivity contribution in [2.75, 3.05) is 30.0 Å². The first-order valence-corrected chi connectivity index (χ1v) is 10.5. The molecule has 3 heterocycles. The van der Waals surface area contributed by atoms with Crippen molar-refractivity contribution in [1.82, 2.24) is 9.97 Å². The maximum atomic E-state index is 13.5. The van der Waals surface area contributed by atoms with E-state index in [2.05, 4.69) is 9.97 Å². The second-order valence-corrected chi connectivity index (χ2v) is 8.23. The summed E-state index contributed by atoms with van der Waals surface area (Å²) in [6.07, 6.45) is 1.40. The van der Waals surface area contributed by atoms with E-state index in [0.29, 0.717) is 19.5 Å². The number of alkyl halides is 2. The average molecular weight is 426 g/mol. The number of halogens is 2. The molecule has 1 N–H and O–H groups in total. The Morgan fingerprint density at radius 1 is 1.10 bits per heavy atom. The minimum atomic E-state index is -2.57. The minimum Gasteiger partial charge on any atom is -0.378 e. The fraction of sp³-hybridized carbons (Fsp3) is 0.391. The molecule has 0 saturated carbocycles. The molecule has 3 aromatic rings. The zero-order chi connectivity index (χ0) is 21.6. The van der Waals surface area contributed by atoms with Gasteiger partial charge in [0.05, 0.1) is 35.9 Å². The Hall–Kier alpha value is -3.00. The van der Waals surface area contributed by atoms with Crippen LogP contribution >= 0.6 is 0 Å². The van der Waals surface area contributed by atoms with E-state index in [1.54, 1.807) is 18.3 Å². The molecule has 2 unspecified atom stereocenters. The number of nitrogens with one attached hydrogen (secondary N) is 1. The van der Waals surface area contributed by atoms with Crippen LogP contribution in [-0.4, -0.2) is 48.1 Å². The number of nitrogens with zero attached hydrogens (tertiary/aromatic N) is 3. The van der Waals surface area contributed by atoms with Gasteiger partial charge in [0.1, 0.15) is 0 Å². The molecule has 0 radical (unpaired) electrons. The van der Waals surface area contributed by atoms with E-state index >= 15 is 0 Å². The van der Waals surface area contributed by atoms with Crippen molar-refractivity contribution in [3.05, 3.63) is 54.4 Å². The molecule has 2 aliphatic rings. The van der Waals surface area contributed by atoms with E-state index in [-0.39, 0.29) is 30.9 Å². The number of carbonyl (C=O) groups is 1. The fourth-order valence-corrected chi connectivity index (χ4v) is 4.63. The van der Waals surface area contributed by atoms with Gasteiger partial charge in [-0.15, -0.1) is 0 Å². The number of H-pyrrole nitrogens is 1. The van der Waals surface area contributed by atoms with Crippen LogP contribution in [0.15, 0.2) is 48.8 Å². The number of piperidine rings is 1. The van der Waals surface area contributed by atoms with Gasteiger partial charge in [0, 0.05) is 44.4 Å². The van der Waals surface area contributed by atoms with Crippen molar-refractivity contribution >= 4 is 28.3 Å². The molecule has 0 spiro atoms. The lowest BCUT2D eigenvalue weighted by Crippen LogP contribution is -2.39. The lowest BCUT2D eigenvalue weighted by molar-refractivity contribution is -0.117. The predicted octanol–water partition coefficient (Wildman–Crippen LogP) is 4.29. The molecule has 2 aromatic carbocycles. The third-order valence-corrected chi connectivity index (χ3v) is 6.36. The fourth-order valence-electron chi connectivity index (χ4n) is 4.63. The molecule has 2 aliphatic heterocycles. The average Bonchev–Trinajstić information content (AvgIpc) is 3.37. The van der Waals surface area contributed by atoms with E-state index in [1.165, 1.54) is 0 Å². The molecule has 2 fully saturated rings. The Kier molecular flexibility index (Phi) is 4.89. The number of amides is 1. The Morgan fingerprint density at radius 3 is 2.52 bits per heavy atom. The van der Waals surface area contributed by atoms with Gasteiger partial charge >= 0.3 is 0 Å². The highest BCUT2D eigenvalue weighted by Crippen LogP contribution is 2.40. The molecule has 162 valence electrons. The summed E-state index contributed by atoms with van der Waals surface area (Å²) >= 11 is 0. The molecule has 2 saturated heterocycles. The summed E-state index contributed by atoms with van der Waals surface area (Å²) < 4.78 is 32.6. The first-order chi connectivity index (χ1) is 14.9. The zero-order valence-electron chi connectivity index (χ0n) is 17.2. The predicted molar refractivity (Wildman–Crippen MR) is 115 cm³/mol. The molecule has 8 heteroatoms. The van der Waals surface area contributed by atoms with Gasteiger partial charge in [-0.05, 0) is 35.9 Å². The van der Waals surface area contributed by atoms with E-state index in [4.69, 9.17) is 4.74 Å². The van der Waals surface area contributed by atoms with Gasteiger partial charge in [0.2, 0.25) is 5.91 Å².